The van der Waals surface area contributed by atoms with Gasteiger partial charge in [0.25, 0.3) is 0 Å². The van der Waals surface area contributed by atoms with Gasteiger partial charge < -0.3 is 9.72 Å². The van der Waals surface area contributed by atoms with Gasteiger partial charge in [0.05, 0.1) is 11.6 Å². The lowest BCUT2D eigenvalue weighted by Crippen LogP contribution is -2.15. The van der Waals surface area contributed by atoms with Crippen LogP contribution in [-0.4, -0.2) is 15.9 Å². The van der Waals surface area contributed by atoms with Gasteiger partial charge in [-0.25, -0.2) is 4.98 Å². The van der Waals surface area contributed by atoms with Crippen LogP contribution in [0.25, 0.3) is 5.52 Å². The Morgan fingerprint density at radius 3 is 3.19 bits per heavy atom. The molecule has 0 aliphatic carbocycles. The van der Waals surface area contributed by atoms with E-state index in [1.807, 2.05) is 18.3 Å². The molecule has 3 heterocycles. The first-order valence-corrected chi connectivity index (χ1v) is 6.49. The van der Waals surface area contributed by atoms with Crippen LogP contribution < -0.4 is 5.32 Å². The van der Waals surface area contributed by atoms with Crippen molar-refractivity contribution in [3.8, 4) is 0 Å². The zero-order chi connectivity index (χ0) is 11.1. The molecule has 1 unspecified atom stereocenters. The predicted molar refractivity (Wildman–Crippen MR) is 67.9 cm³/mol. The first-order valence-electron chi connectivity index (χ1n) is 5.32. The predicted octanol–water partition coefficient (Wildman–Crippen LogP) is 3.17. The van der Waals surface area contributed by atoms with Gasteiger partial charge in [0.1, 0.15) is 10.4 Å². The maximum Gasteiger partial charge on any atom is 0.132 e. The van der Waals surface area contributed by atoms with E-state index in [4.69, 9.17) is 11.6 Å². The van der Waals surface area contributed by atoms with Gasteiger partial charge in [-0.15, -0.1) is 0 Å². The Hall–Kier alpha value is -0.580. The fourth-order valence-corrected chi connectivity index (χ4v) is 2.84. The third-order valence-electron chi connectivity index (χ3n) is 2.96. The van der Waals surface area contributed by atoms with Crippen LogP contribution >= 0.6 is 27.5 Å². The zero-order valence-corrected chi connectivity index (χ0v) is 10.9. The lowest BCUT2D eigenvalue weighted by molar-refractivity contribution is 0.602. The summed E-state index contributed by atoms with van der Waals surface area (Å²) in [7, 11) is 0. The number of pyridine rings is 1. The second kappa shape index (κ2) is 4.02. The van der Waals surface area contributed by atoms with Crippen molar-refractivity contribution in [1.82, 2.24) is 14.7 Å². The number of nitrogens with zero attached hydrogens (tertiary/aromatic N) is 2. The van der Waals surface area contributed by atoms with E-state index in [9.17, 15) is 0 Å². The van der Waals surface area contributed by atoms with Crippen molar-refractivity contribution in [2.75, 3.05) is 6.54 Å². The first-order chi connectivity index (χ1) is 7.75. The number of hydrogen-bond donors (Lipinski definition) is 1. The fourth-order valence-electron chi connectivity index (χ4n) is 2.20. The lowest BCUT2D eigenvalue weighted by Gasteiger charge is -2.08. The minimum atomic E-state index is 0.361. The number of nitrogens with one attached hydrogen (secondary N) is 1. The average Bonchev–Trinajstić information content (AvgIpc) is 2.87. The van der Waals surface area contributed by atoms with Crippen molar-refractivity contribution in [2.24, 2.45) is 0 Å². The van der Waals surface area contributed by atoms with Crippen LogP contribution in [0.5, 0.6) is 0 Å². The number of rotatable bonds is 1. The van der Waals surface area contributed by atoms with Crippen molar-refractivity contribution in [3.63, 3.8) is 0 Å². The minimum absolute atomic E-state index is 0.361. The first kappa shape index (κ1) is 10.6. The molecule has 0 amide bonds. The summed E-state index contributed by atoms with van der Waals surface area (Å²) in [5, 5.41) is 4.19. The van der Waals surface area contributed by atoms with Crippen LogP contribution in [-0.2, 0) is 0 Å². The Kier molecular flexibility index (Phi) is 2.65. The van der Waals surface area contributed by atoms with Crippen molar-refractivity contribution < 1.29 is 0 Å². The average molecular weight is 301 g/mol. The molecule has 0 aromatic carbocycles. The van der Waals surface area contributed by atoms with Crippen LogP contribution in [0, 0.1) is 0 Å². The monoisotopic (exact) mass is 299 g/mol. The molecule has 16 heavy (non-hydrogen) atoms. The van der Waals surface area contributed by atoms with Crippen molar-refractivity contribution in [1.29, 1.82) is 0 Å². The Balaban J connectivity index is 2.18. The minimum Gasteiger partial charge on any atom is -0.307 e. The molecule has 84 valence electrons. The number of fused-ring (bicyclic) bond motifs is 1. The summed E-state index contributed by atoms with van der Waals surface area (Å²) in [6, 6.07) is 4.18. The largest absolute Gasteiger partial charge is 0.307 e. The molecule has 0 spiro atoms. The molecule has 2 aromatic rings. The van der Waals surface area contributed by atoms with Gasteiger partial charge in [-0.3, -0.25) is 0 Å². The second-order valence-corrected chi connectivity index (χ2v) is 5.20. The number of imidazole rings is 1. The molecule has 0 bridgehead atoms. The Morgan fingerprint density at radius 2 is 2.44 bits per heavy atom. The molecule has 1 saturated heterocycles. The van der Waals surface area contributed by atoms with E-state index < -0.39 is 0 Å². The van der Waals surface area contributed by atoms with Crippen LogP contribution in [0.15, 0.2) is 22.9 Å². The molecule has 1 fully saturated rings. The fraction of sp³-hybridized carbons (Fsp3) is 0.364. The summed E-state index contributed by atoms with van der Waals surface area (Å²) in [6.07, 6.45) is 4.34. The third-order valence-corrected chi connectivity index (χ3v) is 3.78. The van der Waals surface area contributed by atoms with E-state index in [0.29, 0.717) is 6.04 Å². The van der Waals surface area contributed by atoms with Gasteiger partial charge >= 0.3 is 0 Å². The van der Waals surface area contributed by atoms with Gasteiger partial charge in [0.15, 0.2) is 0 Å². The van der Waals surface area contributed by atoms with E-state index >= 15 is 0 Å². The zero-order valence-electron chi connectivity index (χ0n) is 8.58. The Bertz CT molecular complexity index is 531. The topological polar surface area (TPSA) is 29.3 Å². The van der Waals surface area contributed by atoms with Gasteiger partial charge in [0.2, 0.25) is 0 Å². The number of aromatic nitrogens is 2. The van der Waals surface area contributed by atoms with Gasteiger partial charge in [-0.1, -0.05) is 11.6 Å². The summed E-state index contributed by atoms with van der Waals surface area (Å²) >= 11 is 9.46. The maximum atomic E-state index is 5.98. The van der Waals surface area contributed by atoms with Crippen LogP contribution in [0.1, 0.15) is 24.7 Å². The third kappa shape index (κ3) is 1.65. The van der Waals surface area contributed by atoms with Crippen molar-refractivity contribution in [3.05, 3.63) is 33.8 Å². The molecule has 5 heteroatoms. The summed E-state index contributed by atoms with van der Waals surface area (Å²) in [5.74, 6) is 1.07. The molecule has 0 saturated carbocycles. The maximum absolute atomic E-state index is 5.98. The molecule has 3 rings (SSSR count). The van der Waals surface area contributed by atoms with E-state index in [-0.39, 0.29) is 0 Å². The highest BCUT2D eigenvalue weighted by atomic mass is 79.9. The molecule has 2 aromatic heterocycles. The molecule has 3 nitrogen and oxygen atoms in total. The normalized spacial score (nSPS) is 20.8. The summed E-state index contributed by atoms with van der Waals surface area (Å²) in [5.41, 5.74) is 1.02. The van der Waals surface area contributed by atoms with E-state index in [1.54, 1.807) is 0 Å². The van der Waals surface area contributed by atoms with Crippen LogP contribution in [0.2, 0.25) is 5.02 Å². The highest BCUT2D eigenvalue weighted by molar-refractivity contribution is 9.10. The molecule has 1 aliphatic heterocycles. The Labute approximate surface area is 107 Å². The van der Waals surface area contributed by atoms with Crippen LogP contribution in [0.4, 0.5) is 0 Å². The Morgan fingerprint density at radius 1 is 1.56 bits per heavy atom. The van der Waals surface area contributed by atoms with E-state index in [1.165, 1.54) is 6.42 Å². The molecule has 1 aliphatic rings. The quantitative estimate of drug-likeness (QED) is 0.876. The standard InChI is InChI=1S/C11H11BrClN3/c12-10-9-6-7(13)3-5-16(9)11(15-10)8-2-1-4-14-8/h3,5-6,8,14H,1-2,4H2. The van der Waals surface area contributed by atoms with Crippen LogP contribution in [0.3, 0.4) is 0 Å². The van der Waals surface area contributed by atoms with Gasteiger partial charge in [0, 0.05) is 11.2 Å². The summed E-state index contributed by atoms with van der Waals surface area (Å²) in [4.78, 5) is 4.57. The highest BCUT2D eigenvalue weighted by Crippen LogP contribution is 2.28. The summed E-state index contributed by atoms with van der Waals surface area (Å²) in [6.45, 7) is 1.07. The smallest absolute Gasteiger partial charge is 0.132 e. The molecule has 0 radical (unpaired) electrons. The molecule has 1 atom stereocenters. The highest BCUT2D eigenvalue weighted by Gasteiger charge is 2.22. The van der Waals surface area contributed by atoms with Crippen molar-refractivity contribution in [2.45, 2.75) is 18.9 Å². The molecular weight excluding hydrogens is 289 g/mol. The SMILES string of the molecule is Clc1ccn2c(C3CCCN3)nc(Br)c2c1. The van der Waals surface area contributed by atoms with Crippen molar-refractivity contribution >= 4 is 33.0 Å². The van der Waals surface area contributed by atoms with E-state index in [2.05, 4.69) is 30.6 Å². The molecule has 1 N–H and O–H groups in total. The van der Waals surface area contributed by atoms with Gasteiger partial charge in [-0.05, 0) is 47.4 Å². The molecular formula is C11H11BrClN3. The van der Waals surface area contributed by atoms with E-state index in [0.717, 1.165) is 33.9 Å². The second-order valence-electron chi connectivity index (χ2n) is 4.01. The number of halogens is 2. The summed E-state index contributed by atoms with van der Waals surface area (Å²) < 4.78 is 2.96. The lowest BCUT2D eigenvalue weighted by atomic mass is 10.2. The van der Waals surface area contributed by atoms with Gasteiger partial charge in [-0.2, -0.15) is 0 Å². The number of hydrogen-bond acceptors (Lipinski definition) is 2.